The van der Waals surface area contributed by atoms with Gasteiger partial charge in [-0.2, -0.15) is 0 Å². The van der Waals surface area contributed by atoms with Crippen molar-refractivity contribution in [1.29, 1.82) is 0 Å². The Labute approximate surface area is 203 Å². The zero-order valence-corrected chi connectivity index (χ0v) is 20.1. The van der Waals surface area contributed by atoms with E-state index >= 15 is 0 Å². The van der Waals surface area contributed by atoms with Gasteiger partial charge in [0, 0.05) is 19.5 Å². The Morgan fingerprint density at radius 3 is 2.29 bits per heavy atom. The highest BCUT2D eigenvalue weighted by atomic mass is 16.4. The standard InChI is InChI=1S/C21H37N7O7/c1-11(2)16(20(34)35)27-17(31)13(7-8-15(29)30)26-18(32)14-6-4-10-28(14)19(33)12(22)5-3-9-25-21(23)24/h11-14,16H,3-10,22H2,1-2H3,(H,26,32)(H,27,31)(H,29,30)(H,34,35)(H4,23,24,25). The molecular formula is C21H37N7O7. The second-order valence-corrected chi connectivity index (χ2v) is 8.81. The summed E-state index contributed by atoms with van der Waals surface area (Å²) in [6, 6.07) is -4.25. The summed E-state index contributed by atoms with van der Waals surface area (Å²) in [4.78, 5) is 66.2. The third-order valence-corrected chi connectivity index (χ3v) is 5.63. The molecule has 14 heteroatoms. The van der Waals surface area contributed by atoms with Crippen LogP contribution in [0, 0.1) is 5.92 Å². The summed E-state index contributed by atoms with van der Waals surface area (Å²) in [5, 5.41) is 23.2. The first kappa shape index (κ1) is 29.6. The van der Waals surface area contributed by atoms with Gasteiger partial charge in [-0.05, 0) is 38.0 Å². The summed E-state index contributed by atoms with van der Waals surface area (Å²) in [7, 11) is 0. The Balaban J connectivity index is 2.87. The van der Waals surface area contributed by atoms with Crippen LogP contribution in [-0.2, 0) is 24.0 Å². The molecule has 10 N–H and O–H groups in total. The molecule has 1 aliphatic heterocycles. The fourth-order valence-corrected chi connectivity index (χ4v) is 3.73. The highest BCUT2D eigenvalue weighted by Gasteiger charge is 2.38. The van der Waals surface area contributed by atoms with E-state index in [4.69, 9.17) is 22.3 Å². The molecule has 4 unspecified atom stereocenters. The molecule has 0 spiro atoms. The third-order valence-electron chi connectivity index (χ3n) is 5.63. The molecular weight excluding hydrogens is 462 g/mol. The van der Waals surface area contributed by atoms with Gasteiger partial charge >= 0.3 is 11.9 Å². The summed E-state index contributed by atoms with van der Waals surface area (Å²) in [5.74, 6) is -4.81. The largest absolute Gasteiger partial charge is 0.481 e. The summed E-state index contributed by atoms with van der Waals surface area (Å²) < 4.78 is 0. The van der Waals surface area contributed by atoms with E-state index in [2.05, 4.69) is 15.6 Å². The highest BCUT2D eigenvalue weighted by Crippen LogP contribution is 2.20. The lowest BCUT2D eigenvalue weighted by molar-refractivity contribution is -0.144. The monoisotopic (exact) mass is 499 g/mol. The molecule has 0 aliphatic carbocycles. The lowest BCUT2D eigenvalue weighted by atomic mass is 10.0. The average Bonchev–Trinajstić information content (AvgIpc) is 3.26. The molecule has 4 atom stereocenters. The van der Waals surface area contributed by atoms with Gasteiger partial charge in [-0.15, -0.1) is 0 Å². The van der Waals surface area contributed by atoms with Crippen molar-refractivity contribution in [1.82, 2.24) is 15.5 Å². The maximum Gasteiger partial charge on any atom is 0.326 e. The van der Waals surface area contributed by atoms with Gasteiger partial charge < -0.3 is 42.9 Å². The van der Waals surface area contributed by atoms with Crippen molar-refractivity contribution >= 4 is 35.6 Å². The molecule has 0 aromatic heterocycles. The third kappa shape index (κ3) is 9.76. The number of carbonyl (C=O) groups excluding carboxylic acids is 3. The van der Waals surface area contributed by atoms with E-state index in [-0.39, 0.29) is 12.4 Å². The Bertz CT molecular complexity index is 814. The summed E-state index contributed by atoms with van der Waals surface area (Å²) in [6.07, 6.45) is 0.984. The molecule has 1 saturated heterocycles. The van der Waals surface area contributed by atoms with Gasteiger partial charge in [-0.25, -0.2) is 4.79 Å². The van der Waals surface area contributed by atoms with Crippen LogP contribution in [0.5, 0.6) is 0 Å². The van der Waals surface area contributed by atoms with Crippen molar-refractivity contribution in [3.63, 3.8) is 0 Å². The van der Waals surface area contributed by atoms with Crippen LogP contribution in [0.25, 0.3) is 0 Å². The van der Waals surface area contributed by atoms with Crippen LogP contribution < -0.4 is 27.8 Å². The molecule has 1 rings (SSSR count). The number of nitrogens with one attached hydrogen (secondary N) is 2. The molecule has 0 radical (unpaired) electrons. The molecule has 35 heavy (non-hydrogen) atoms. The number of likely N-dealkylation sites (tertiary alicyclic amines) is 1. The van der Waals surface area contributed by atoms with E-state index in [1.807, 2.05) is 0 Å². The van der Waals surface area contributed by atoms with Crippen LogP contribution in [0.1, 0.15) is 52.4 Å². The van der Waals surface area contributed by atoms with Gasteiger partial charge in [0.2, 0.25) is 17.7 Å². The lowest BCUT2D eigenvalue weighted by Gasteiger charge is -2.29. The summed E-state index contributed by atoms with van der Waals surface area (Å²) in [5.41, 5.74) is 16.5. The summed E-state index contributed by atoms with van der Waals surface area (Å²) in [6.45, 7) is 3.82. The summed E-state index contributed by atoms with van der Waals surface area (Å²) >= 11 is 0. The number of nitrogens with two attached hydrogens (primary N) is 3. The second kappa shape index (κ2) is 14.1. The normalized spacial score (nSPS) is 17.8. The van der Waals surface area contributed by atoms with Crippen LogP contribution in [0.15, 0.2) is 4.99 Å². The molecule has 14 nitrogen and oxygen atoms in total. The van der Waals surface area contributed by atoms with E-state index in [0.29, 0.717) is 38.8 Å². The zero-order valence-electron chi connectivity index (χ0n) is 20.1. The van der Waals surface area contributed by atoms with Gasteiger partial charge in [0.25, 0.3) is 0 Å². The van der Waals surface area contributed by atoms with E-state index in [0.717, 1.165) is 0 Å². The van der Waals surface area contributed by atoms with Gasteiger partial charge in [0.1, 0.15) is 18.1 Å². The van der Waals surface area contributed by atoms with E-state index in [9.17, 15) is 29.1 Å². The number of hydrogen-bond donors (Lipinski definition) is 7. The molecule has 1 aliphatic rings. The molecule has 1 heterocycles. The molecule has 0 saturated carbocycles. The maximum absolute atomic E-state index is 13.0. The number of carboxylic acids is 2. The fourth-order valence-electron chi connectivity index (χ4n) is 3.73. The highest BCUT2D eigenvalue weighted by molar-refractivity contribution is 5.94. The zero-order chi connectivity index (χ0) is 26.7. The fraction of sp³-hybridized carbons (Fsp3) is 0.714. The number of aliphatic imine (C=N–C) groups is 1. The number of carboxylic acid groups (broad SMARTS) is 2. The first-order valence-corrected chi connectivity index (χ1v) is 11.5. The quantitative estimate of drug-likeness (QED) is 0.0781. The van der Waals surface area contributed by atoms with Gasteiger partial charge in [0.05, 0.1) is 6.04 Å². The van der Waals surface area contributed by atoms with Crippen molar-refractivity contribution in [3.05, 3.63) is 0 Å². The van der Waals surface area contributed by atoms with E-state index < -0.39 is 66.2 Å². The van der Waals surface area contributed by atoms with Crippen molar-refractivity contribution in [2.45, 2.75) is 76.5 Å². The number of nitrogens with zero attached hydrogens (tertiary/aromatic N) is 2. The molecule has 0 aromatic rings. The predicted octanol–water partition coefficient (Wildman–Crippen LogP) is -2.07. The number of aliphatic carboxylic acids is 2. The van der Waals surface area contributed by atoms with Gasteiger partial charge in [0.15, 0.2) is 5.96 Å². The lowest BCUT2D eigenvalue weighted by Crippen LogP contribution is -2.57. The number of amides is 3. The minimum absolute atomic E-state index is 0.0641. The number of carbonyl (C=O) groups is 5. The Hall–Kier alpha value is -3.42. The number of rotatable bonds is 14. The minimum Gasteiger partial charge on any atom is -0.481 e. The molecule has 0 bridgehead atoms. The first-order chi connectivity index (χ1) is 16.3. The smallest absolute Gasteiger partial charge is 0.326 e. The topological polar surface area (TPSA) is 244 Å². The van der Waals surface area contributed by atoms with Crippen LogP contribution in [0.3, 0.4) is 0 Å². The van der Waals surface area contributed by atoms with Crippen LogP contribution in [-0.4, -0.2) is 88.0 Å². The Morgan fingerprint density at radius 1 is 1.09 bits per heavy atom. The predicted molar refractivity (Wildman–Crippen MR) is 126 cm³/mol. The van der Waals surface area contributed by atoms with Crippen molar-refractivity contribution in [3.8, 4) is 0 Å². The van der Waals surface area contributed by atoms with Gasteiger partial charge in [-0.3, -0.25) is 24.2 Å². The molecule has 0 aromatic carbocycles. The SMILES string of the molecule is CC(C)C(NC(=O)C(CCC(=O)O)NC(=O)C1CCCN1C(=O)C(N)CCCN=C(N)N)C(=O)O. The number of hydrogen-bond acceptors (Lipinski definition) is 7. The Kier molecular flexibility index (Phi) is 11.9. The first-order valence-electron chi connectivity index (χ1n) is 11.5. The van der Waals surface area contributed by atoms with E-state index in [1.54, 1.807) is 13.8 Å². The second-order valence-electron chi connectivity index (χ2n) is 8.81. The maximum atomic E-state index is 13.0. The molecule has 3 amide bonds. The molecule has 198 valence electrons. The van der Waals surface area contributed by atoms with Crippen molar-refractivity contribution in [2.24, 2.45) is 28.1 Å². The average molecular weight is 500 g/mol. The number of guanidine groups is 1. The Morgan fingerprint density at radius 2 is 1.74 bits per heavy atom. The van der Waals surface area contributed by atoms with Crippen LogP contribution >= 0.6 is 0 Å². The van der Waals surface area contributed by atoms with Crippen molar-refractivity contribution in [2.75, 3.05) is 13.1 Å². The minimum atomic E-state index is -1.29. The van der Waals surface area contributed by atoms with Crippen molar-refractivity contribution < 1.29 is 34.2 Å². The van der Waals surface area contributed by atoms with Crippen LogP contribution in [0.2, 0.25) is 0 Å². The van der Waals surface area contributed by atoms with Crippen LogP contribution in [0.4, 0.5) is 0 Å². The van der Waals surface area contributed by atoms with E-state index in [1.165, 1.54) is 4.90 Å². The van der Waals surface area contributed by atoms with Gasteiger partial charge in [-0.1, -0.05) is 13.8 Å². The molecule has 1 fully saturated rings.